The van der Waals surface area contributed by atoms with Gasteiger partial charge in [0.1, 0.15) is 6.23 Å². The van der Waals surface area contributed by atoms with Crippen LogP contribution in [0.1, 0.15) is 58.2 Å². The van der Waals surface area contributed by atoms with Crippen molar-refractivity contribution in [2.45, 2.75) is 71.8 Å². The summed E-state index contributed by atoms with van der Waals surface area (Å²) in [6.45, 7) is 8.03. The predicted molar refractivity (Wildman–Crippen MR) is 139 cm³/mol. The molecule has 4 unspecified atom stereocenters. The highest BCUT2D eigenvalue weighted by Gasteiger charge is 2.41. The van der Waals surface area contributed by atoms with Crippen molar-refractivity contribution in [3.8, 4) is 0 Å². The normalized spacial score (nSPS) is 24.4. The number of ether oxygens (including phenoxy) is 1. The zero-order valence-corrected chi connectivity index (χ0v) is 23.3. The summed E-state index contributed by atoms with van der Waals surface area (Å²) in [5, 5.41) is 3.80. The summed E-state index contributed by atoms with van der Waals surface area (Å²) >= 11 is 1.13. The van der Waals surface area contributed by atoms with Crippen LogP contribution in [0.5, 0.6) is 0 Å². The van der Waals surface area contributed by atoms with Gasteiger partial charge in [-0.3, -0.25) is 28.2 Å². The van der Waals surface area contributed by atoms with Gasteiger partial charge in [0.2, 0.25) is 0 Å². The largest absolute Gasteiger partial charge is 0.408 e. The average molecular weight is 559 g/mol. The van der Waals surface area contributed by atoms with Gasteiger partial charge in [-0.1, -0.05) is 44.1 Å². The van der Waals surface area contributed by atoms with E-state index in [0.717, 1.165) is 31.0 Å². The molecule has 2 aliphatic heterocycles. The summed E-state index contributed by atoms with van der Waals surface area (Å²) in [5.74, 6) is 0.328. The van der Waals surface area contributed by atoms with Crippen LogP contribution < -0.4 is 11.2 Å². The maximum Gasteiger partial charge on any atom is 0.408 e. The number of carbonyl (C=O) groups is 1. The van der Waals surface area contributed by atoms with Gasteiger partial charge >= 0.3 is 13.4 Å². The third-order valence-corrected chi connectivity index (χ3v) is 9.45. The number of H-pyrrole nitrogens is 1. The van der Waals surface area contributed by atoms with Crippen molar-refractivity contribution in [2.24, 2.45) is 10.5 Å². The van der Waals surface area contributed by atoms with Gasteiger partial charge in [-0.25, -0.2) is 14.0 Å². The van der Waals surface area contributed by atoms with Crippen LogP contribution in [0.2, 0.25) is 0 Å². The Bertz CT molecular complexity index is 1170. The van der Waals surface area contributed by atoms with E-state index in [1.54, 1.807) is 11.6 Å². The van der Waals surface area contributed by atoms with Crippen molar-refractivity contribution < 1.29 is 23.1 Å². The lowest BCUT2D eigenvalue weighted by Gasteiger charge is -2.33. The van der Waals surface area contributed by atoms with E-state index in [0.29, 0.717) is 24.4 Å². The Labute approximate surface area is 219 Å². The average Bonchev–Trinajstić information content (AvgIpc) is 3.25. The molecule has 2 fully saturated rings. The number of aryl methyl sites for hydroxylation is 1. The summed E-state index contributed by atoms with van der Waals surface area (Å²) in [7, 11) is -3.73. The number of thioether (sulfide) groups is 1. The number of nitrogens with zero attached hydrogens (tertiary/aromatic N) is 5. The number of carbonyl (C=O) groups excluding carboxylic acids is 1. The van der Waals surface area contributed by atoms with E-state index in [1.165, 1.54) is 10.8 Å². The molecule has 0 radical (unpaired) electrons. The van der Waals surface area contributed by atoms with Gasteiger partial charge < -0.3 is 4.74 Å². The maximum atomic E-state index is 13.9. The number of rotatable bonds is 10. The molecule has 1 aromatic rings. The minimum Gasteiger partial charge on any atom is -0.352 e. The molecule has 0 aromatic carbocycles. The summed E-state index contributed by atoms with van der Waals surface area (Å²) in [6.07, 6.45) is 2.69. The van der Waals surface area contributed by atoms with E-state index in [1.807, 2.05) is 20.8 Å². The molecule has 0 amide bonds. The van der Waals surface area contributed by atoms with Crippen molar-refractivity contribution in [3.63, 3.8) is 0 Å². The quantitative estimate of drug-likeness (QED) is 0.148. The Kier molecular flexibility index (Phi) is 10.2. The van der Waals surface area contributed by atoms with E-state index in [2.05, 4.69) is 15.0 Å². The van der Waals surface area contributed by atoms with E-state index in [-0.39, 0.29) is 24.7 Å². The topological polar surface area (TPSA) is 169 Å². The van der Waals surface area contributed by atoms with Crippen LogP contribution >= 0.6 is 19.5 Å². The number of hydrogen-bond donors (Lipinski definition) is 1. The summed E-state index contributed by atoms with van der Waals surface area (Å²) in [6, 6.07) is -0.691. The first-order valence-electron chi connectivity index (χ1n) is 12.3. The number of azide groups is 1. The van der Waals surface area contributed by atoms with Crippen LogP contribution in [0.25, 0.3) is 10.4 Å². The summed E-state index contributed by atoms with van der Waals surface area (Å²) in [4.78, 5) is 41.4. The van der Waals surface area contributed by atoms with Gasteiger partial charge in [0.25, 0.3) is 5.56 Å². The first kappa shape index (κ1) is 29.6. The minimum atomic E-state index is -3.73. The fourth-order valence-corrected chi connectivity index (χ4v) is 6.76. The summed E-state index contributed by atoms with van der Waals surface area (Å²) < 4.78 is 34.4. The molecular formula is C22H35N6O7PS. The molecule has 1 N–H and O–H groups in total. The van der Waals surface area contributed by atoms with Gasteiger partial charge in [0, 0.05) is 47.4 Å². The van der Waals surface area contributed by atoms with E-state index in [9.17, 15) is 18.9 Å². The van der Waals surface area contributed by atoms with E-state index in [4.69, 9.17) is 19.3 Å². The molecular weight excluding hydrogens is 523 g/mol. The van der Waals surface area contributed by atoms with Gasteiger partial charge in [-0.05, 0) is 25.3 Å². The molecule has 206 valence electrons. The Morgan fingerprint density at radius 1 is 1.30 bits per heavy atom. The maximum absolute atomic E-state index is 13.9. The number of aromatic amines is 1. The van der Waals surface area contributed by atoms with Crippen LogP contribution in [0.3, 0.4) is 0 Å². The molecule has 0 aliphatic carbocycles. The van der Waals surface area contributed by atoms with Crippen LogP contribution in [-0.4, -0.2) is 63.5 Å². The Hall–Kier alpha value is -1.92. The Morgan fingerprint density at radius 2 is 2.00 bits per heavy atom. The minimum absolute atomic E-state index is 0.0140. The molecule has 0 saturated carbocycles. The first-order valence-corrected chi connectivity index (χ1v) is 14.8. The SMILES string of the molecule is Cc1cn(C2CC(N=[N+]=[N-])C(COP(=O)(OCCSC(=O)C(C)(C)C)N3CCCCC3)O2)c(=O)[nH]c1=O. The van der Waals surface area contributed by atoms with Crippen molar-refractivity contribution in [1.82, 2.24) is 14.2 Å². The lowest BCUT2D eigenvalue weighted by molar-refractivity contribution is -0.117. The monoisotopic (exact) mass is 558 g/mol. The lowest BCUT2D eigenvalue weighted by atomic mass is 10.00. The fourth-order valence-electron chi connectivity index (χ4n) is 4.02. The molecule has 3 rings (SSSR count). The van der Waals surface area contributed by atoms with Crippen LogP contribution in [-0.2, 0) is 23.1 Å². The first-order chi connectivity index (χ1) is 17.4. The number of aromatic nitrogens is 2. The third-order valence-electron chi connectivity index (χ3n) is 6.12. The van der Waals surface area contributed by atoms with E-state index >= 15 is 0 Å². The number of nitrogens with one attached hydrogen (secondary N) is 1. The van der Waals surface area contributed by atoms with Crippen molar-refractivity contribution in [1.29, 1.82) is 0 Å². The lowest BCUT2D eigenvalue weighted by Crippen LogP contribution is -2.34. The molecule has 2 aliphatic rings. The Balaban J connectivity index is 1.70. The van der Waals surface area contributed by atoms with Crippen LogP contribution in [0.4, 0.5) is 0 Å². The second kappa shape index (κ2) is 12.8. The van der Waals surface area contributed by atoms with E-state index < -0.39 is 42.8 Å². The molecule has 0 spiro atoms. The summed E-state index contributed by atoms with van der Waals surface area (Å²) in [5.41, 5.74) is 7.74. The highest BCUT2D eigenvalue weighted by atomic mass is 32.2. The van der Waals surface area contributed by atoms with Gasteiger partial charge in [-0.2, -0.15) is 0 Å². The second-order valence-electron chi connectivity index (χ2n) is 10.1. The molecule has 0 bridgehead atoms. The number of piperidine rings is 1. The predicted octanol–water partition coefficient (Wildman–Crippen LogP) is 3.74. The number of hydrogen-bond acceptors (Lipinski definition) is 9. The highest BCUT2D eigenvalue weighted by Crippen LogP contribution is 2.53. The molecule has 1 aromatic heterocycles. The molecule has 13 nitrogen and oxygen atoms in total. The second-order valence-corrected chi connectivity index (χ2v) is 13.2. The van der Waals surface area contributed by atoms with Crippen molar-refractivity contribution in [3.05, 3.63) is 43.0 Å². The molecule has 2 saturated heterocycles. The smallest absolute Gasteiger partial charge is 0.352 e. The van der Waals surface area contributed by atoms with Crippen molar-refractivity contribution in [2.75, 3.05) is 32.1 Å². The zero-order chi connectivity index (χ0) is 27.2. The fraction of sp³-hybridized carbons (Fsp3) is 0.773. The zero-order valence-electron chi connectivity index (χ0n) is 21.6. The molecule has 37 heavy (non-hydrogen) atoms. The molecule has 15 heteroatoms. The third kappa shape index (κ3) is 7.79. The van der Waals surface area contributed by atoms with Crippen LogP contribution in [0, 0.1) is 12.3 Å². The standard InChI is InChI=1S/C22H35N6O7PS/c1-15-13-28(21(31)24-19(15)29)18-12-16(25-26-23)17(35-18)14-34-36(32,27-8-6-5-7-9-27)33-10-11-37-20(30)22(2,3)4/h13,16-18H,5-12,14H2,1-4H3,(H,24,29,31). The van der Waals surface area contributed by atoms with Gasteiger partial charge in [0.05, 0.1) is 25.4 Å². The highest BCUT2D eigenvalue weighted by molar-refractivity contribution is 8.13. The van der Waals surface area contributed by atoms with Gasteiger partial charge in [-0.15, -0.1) is 0 Å². The molecule has 4 atom stereocenters. The molecule has 3 heterocycles. The van der Waals surface area contributed by atoms with Crippen molar-refractivity contribution >= 4 is 24.6 Å². The van der Waals surface area contributed by atoms with Crippen LogP contribution in [0.15, 0.2) is 20.9 Å². The Morgan fingerprint density at radius 3 is 2.65 bits per heavy atom. The van der Waals surface area contributed by atoms with Gasteiger partial charge in [0.15, 0.2) is 5.12 Å².